The van der Waals surface area contributed by atoms with Gasteiger partial charge < -0.3 is 19.9 Å². The number of halogens is 1. The molecule has 6 heteroatoms. The molecule has 1 amide bonds. The van der Waals surface area contributed by atoms with Crippen molar-refractivity contribution in [3.05, 3.63) is 29.6 Å². The van der Waals surface area contributed by atoms with Gasteiger partial charge in [0.15, 0.2) is 5.79 Å². The van der Waals surface area contributed by atoms with Crippen LogP contribution in [0.3, 0.4) is 0 Å². The predicted molar refractivity (Wildman–Crippen MR) is 65.3 cm³/mol. The number of carbonyl (C=O) groups excluding carboxylic acids is 1. The molecule has 1 aliphatic heterocycles. The number of aromatic hydroxyl groups is 1. The minimum atomic E-state index is -0.763. The molecule has 104 valence electrons. The molecule has 0 radical (unpaired) electrons. The minimum absolute atomic E-state index is 0.191. The van der Waals surface area contributed by atoms with E-state index in [0.717, 1.165) is 6.07 Å². The zero-order valence-corrected chi connectivity index (χ0v) is 10.8. The second-order valence-electron chi connectivity index (χ2n) is 4.79. The second kappa shape index (κ2) is 5.14. The lowest BCUT2D eigenvalue weighted by molar-refractivity contribution is -0.137. The standard InChI is InChI=1S/C13H16FNO4/c1-13(2)18-7-8(19-13)6-15-12(17)11-9(14)4-3-5-10(11)16/h3-5,8,16H,6-7H2,1-2H3,(H,15,17). The molecule has 1 atom stereocenters. The summed E-state index contributed by atoms with van der Waals surface area (Å²) in [5, 5.41) is 12.0. The molecule has 1 heterocycles. The van der Waals surface area contributed by atoms with E-state index in [1.165, 1.54) is 12.1 Å². The molecule has 2 N–H and O–H groups in total. The normalized spacial score (nSPS) is 21.3. The molecule has 0 aliphatic carbocycles. The van der Waals surface area contributed by atoms with Crippen LogP contribution in [0, 0.1) is 5.82 Å². The lowest BCUT2D eigenvalue weighted by Gasteiger charge is -2.17. The van der Waals surface area contributed by atoms with Crippen LogP contribution in [0.2, 0.25) is 0 Å². The Hall–Kier alpha value is -1.66. The highest BCUT2D eigenvalue weighted by Gasteiger charge is 2.32. The topological polar surface area (TPSA) is 67.8 Å². The number of phenols is 1. The molecule has 1 aliphatic rings. The largest absolute Gasteiger partial charge is 0.507 e. The first-order valence-corrected chi connectivity index (χ1v) is 5.96. The molecule has 1 saturated heterocycles. The lowest BCUT2D eigenvalue weighted by atomic mass is 10.1. The molecule has 0 spiro atoms. The number of amides is 1. The molecular weight excluding hydrogens is 253 g/mol. The fraction of sp³-hybridized carbons (Fsp3) is 0.462. The summed E-state index contributed by atoms with van der Waals surface area (Å²) in [6.07, 6.45) is -0.284. The Morgan fingerprint density at radius 3 is 2.89 bits per heavy atom. The van der Waals surface area contributed by atoms with Crippen molar-refractivity contribution >= 4 is 5.91 Å². The highest BCUT2D eigenvalue weighted by Crippen LogP contribution is 2.22. The van der Waals surface area contributed by atoms with Crippen LogP contribution in [0.25, 0.3) is 0 Å². The van der Waals surface area contributed by atoms with Gasteiger partial charge in [-0.15, -0.1) is 0 Å². The molecule has 1 aromatic rings. The Kier molecular flexibility index (Phi) is 3.73. The predicted octanol–water partition coefficient (Wildman–Crippen LogP) is 1.41. The molecular formula is C13H16FNO4. The van der Waals surface area contributed by atoms with Crippen LogP contribution in [-0.4, -0.2) is 36.1 Å². The van der Waals surface area contributed by atoms with E-state index in [4.69, 9.17) is 9.47 Å². The third-order valence-electron chi connectivity index (χ3n) is 2.78. The Labute approximate surface area is 110 Å². The van der Waals surface area contributed by atoms with E-state index in [1.807, 2.05) is 0 Å². The zero-order chi connectivity index (χ0) is 14.0. The van der Waals surface area contributed by atoms with E-state index in [9.17, 15) is 14.3 Å². The molecule has 1 fully saturated rings. The van der Waals surface area contributed by atoms with Gasteiger partial charge in [0.05, 0.1) is 6.61 Å². The molecule has 0 bridgehead atoms. The smallest absolute Gasteiger partial charge is 0.258 e. The summed E-state index contributed by atoms with van der Waals surface area (Å²) in [7, 11) is 0. The van der Waals surface area contributed by atoms with Gasteiger partial charge in [0.25, 0.3) is 5.91 Å². The quantitative estimate of drug-likeness (QED) is 0.870. The molecule has 1 unspecified atom stereocenters. The lowest BCUT2D eigenvalue weighted by Crippen LogP contribution is -2.34. The van der Waals surface area contributed by atoms with Crippen molar-refractivity contribution in [3.63, 3.8) is 0 Å². The van der Waals surface area contributed by atoms with E-state index in [1.54, 1.807) is 13.8 Å². The van der Waals surface area contributed by atoms with Crippen molar-refractivity contribution in [1.29, 1.82) is 0 Å². The Morgan fingerprint density at radius 2 is 2.32 bits per heavy atom. The number of hydrogen-bond acceptors (Lipinski definition) is 4. The van der Waals surface area contributed by atoms with Crippen LogP contribution in [-0.2, 0) is 9.47 Å². The maximum absolute atomic E-state index is 13.4. The third kappa shape index (κ3) is 3.21. The van der Waals surface area contributed by atoms with E-state index < -0.39 is 17.5 Å². The van der Waals surface area contributed by atoms with Crippen molar-refractivity contribution in [2.24, 2.45) is 0 Å². The number of nitrogens with one attached hydrogen (secondary N) is 1. The molecule has 0 saturated carbocycles. The highest BCUT2D eigenvalue weighted by atomic mass is 19.1. The van der Waals surface area contributed by atoms with Gasteiger partial charge in [0.2, 0.25) is 0 Å². The molecule has 5 nitrogen and oxygen atoms in total. The summed E-state index contributed by atoms with van der Waals surface area (Å²) in [4.78, 5) is 11.8. The average molecular weight is 269 g/mol. The summed E-state index contributed by atoms with van der Waals surface area (Å²) in [6, 6.07) is 3.71. The van der Waals surface area contributed by atoms with Crippen molar-refractivity contribution in [1.82, 2.24) is 5.32 Å². The van der Waals surface area contributed by atoms with Gasteiger partial charge in [0.1, 0.15) is 23.2 Å². The summed E-state index contributed by atoms with van der Waals surface area (Å²) in [5.74, 6) is -2.50. The third-order valence-corrected chi connectivity index (χ3v) is 2.78. The molecule has 0 aromatic heterocycles. The monoisotopic (exact) mass is 269 g/mol. The van der Waals surface area contributed by atoms with E-state index in [-0.39, 0.29) is 24.0 Å². The van der Waals surface area contributed by atoms with E-state index in [2.05, 4.69) is 5.32 Å². The van der Waals surface area contributed by atoms with E-state index >= 15 is 0 Å². The van der Waals surface area contributed by atoms with Gasteiger partial charge in [-0.25, -0.2) is 4.39 Å². The number of rotatable bonds is 3. The van der Waals surface area contributed by atoms with Gasteiger partial charge in [-0.3, -0.25) is 4.79 Å². The number of hydrogen-bond donors (Lipinski definition) is 2. The number of benzene rings is 1. The van der Waals surface area contributed by atoms with Crippen LogP contribution in [0.4, 0.5) is 4.39 Å². The Bertz CT molecular complexity index is 469. The van der Waals surface area contributed by atoms with Crippen molar-refractivity contribution in [3.8, 4) is 5.75 Å². The summed E-state index contributed by atoms with van der Waals surface area (Å²) >= 11 is 0. The zero-order valence-electron chi connectivity index (χ0n) is 10.8. The van der Waals surface area contributed by atoms with Gasteiger partial charge in [-0.05, 0) is 26.0 Å². The van der Waals surface area contributed by atoms with Gasteiger partial charge in [0, 0.05) is 6.54 Å². The fourth-order valence-corrected chi connectivity index (χ4v) is 1.90. The first kappa shape index (κ1) is 13.8. The van der Waals surface area contributed by atoms with Crippen molar-refractivity contribution < 1.29 is 23.8 Å². The number of phenolic OH excluding ortho intramolecular Hbond substituents is 1. The maximum Gasteiger partial charge on any atom is 0.258 e. The SMILES string of the molecule is CC1(C)OCC(CNC(=O)c2c(O)cccc2F)O1. The molecule has 19 heavy (non-hydrogen) atoms. The first-order valence-electron chi connectivity index (χ1n) is 5.96. The van der Waals surface area contributed by atoms with Crippen LogP contribution in [0.15, 0.2) is 18.2 Å². The van der Waals surface area contributed by atoms with Crippen LogP contribution < -0.4 is 5.32 Å². The van der Waals surface area contributed by atoms with Gasteiger partial charge in [-0.2, -0.15) is 0 Å². The molecule has 2 rings (SSSR count). The maximum atomic E-state index is 13.4. The second-order valence-corrected chi connectivity index (χ2v) is 4.79. The first-order chi connectivity index (χ1) is 8.89. The summed E-state index contributed by atoms with van der Waals surface area (Å²) < 4.78 is 24.3. The minimum Gasteiger partial charge on any atom is -0.507 e. The average Bonchev–Trinajstić information content (AvgIpc) is 2.66. The van der Waals surface area contributed by atoms with E-state index in [0.29, 0.717) is 6.61 Å². The Balaban J connectivity index is 1.95. The van der Waals surface area contributed by atoms with Crippen LogP contribution in [0.5, 0.6) is 5.75 Å². The highest BCUT2D eigenvalue weighted by molar-refractivity contribution is 5.97. The molecule has 1 aromatic carbocycles. The van der Waals surface area contributed by atoms with Gasteiger partial charge >= 0.3 is 0 Å². The van der Waals surface area contributed by atoms with Crippen molar-refractivity contribution in [2.45, 2.75) is 25.7 Å². The number of carbonyl (C=O) groups is 1. The Morgan fingerprint density at radius 1 is 1.58 bits per heavy atom. The summed E-state index contributed by atoms with van der Waals surface area (Å²) in [5.41, 5.74) is -0.360. The summed E-state index contributed by atoms with van der Waals surface area (Å²) in [6.45, 7) is 4.10. The van der Waals surface area contributed by atoms with Crippen LogP contribution >= 0.6 is 0 Å². The number of ether oxygens (including phenoxy) is 2. The fourth-order valence-electron chi connectivity index (χ4n) is 1.90. The van der Waals surface area contributed by atoms with Crippen molar-refractivity contribution in [2.75, 3.05) is 13.2 Å². The van der Waals surface area contributed by atoms with Gasteiger partial charge in [-0.1, -0.05) is 6.07 Å². The van der Waals surface area contributed by atoms with Crippen LogP contribution in [0.1, 0.15) is 24.2 Å².